The molecule has 0 unspecified atom stereocenters. The monoisotopic (exact) mass is 355 g/mol. The Morgan fingerprint density at radius 3 is 2.86 bits per heavy atom. The lowest BCUT2D eigenvalue weighted by Crippen LogP contribution is -2.29. The number of amides is 1. The summed E-state index contributed by atoms with van der Waals surface area (Å²) in [7, 11) is 0. The molecule has 1 aromatic carbocycles. The molecule has 9 heteroatoms. The molecule has 0 fully saturated rings. The van der Waals surface area contributed by atoms with Gasteiger partial charge in [-0.1, -0.05) is 6.07 Å². The number of carbonyl (C=O) groups is 1. The average Bonchev–Trinajstić information content (AvgIpc) is 2.93. The van der Waals surface area contributed by atoms with E-state index >= 15 is 0 Å². The van der Waals surface area contributed by atoms with Crippen LogP contribution in [0.3, 0.4) is 0 Å². The fourth-order valence-corrected chi connectivity index (χ4v) is 2.05. The van der Waals surface area contributed by atoms with Crippen molar-refractivity contribution >= 4 is 27.5 Å². The number of nitrogen functional groups attached to an aromatic ring is 1. The molecule has 2 aromatic rings. The minimum absolute atomic E-state index is 0.0257. The number of hydrazine groups is 1. The summed E-state index contributed by atoms with van der Waals surface area (Å²) in [6.45, 7) is -0.0682. The number of hydrogen-bond acceptors (Lipinski definition) is 6. The van der Waals surface area contributed by atoms with Crippen molar-refractivity contribution in [2.24, 2.45) is 5.84 Å². The highest BCUT2D eigenvalue weighted by atomic mass is 79.9. The molecule has 0 atom stereocenters. The Morgan fingerprint density at radius 1 is 1.43 bits per heavy atom. The third-order valence-corrected chi connectivity index (χ3v) is 3.14. The number of furan rings is 1. The first-order chi connectivity index (χ1) is 10.0. The van der Waals surface area contributed by atoms with Crippen molar-refractivity contribution in [1.29, 1.82) is 0 Å². The number of para-hydroxylation sites is 1. The summed E-state index contributed by atoms with van der Waals surface area (Å²) in [6, 6.07) is 7.43. The second-order valence-electron chi connectivity index (χ2n) is 3.87. The number of hydrogen-bond donors (Lipinski definition) is 2. The van der Waals surface area contributed by atoms with E-state index < -0.39 is 10.8 Å². The average molecular weight is 356 g/mol. The molecule has 3 N–H and O–H groups in total. The Balaban J connectivity index is 2.15. The molecule has 1 aromatic heterocycles. The van der Waals surface area contributed by atoms with Crippen LogP contribution in [0.2, 0.25) is 0 Å². The Labute approximate surface area is 127 Å². The number of halogens is 1. The third kappa shape index (κ3) is 3.38. The number of nitrogens with one attached hydrogen (secondary N) is 1. The third-order valence-electron chi connectivity index (χ3n) is 2.52. The molecule has 1 amide bonds. The van der Waals surface area contributed by atoms with Crippen LogP contribution in [-0.2, 0) is 6.61 Å². The summed E-state index contributed by atoms with van der Waals surface area (Å²) >= 11 is 3.19. The Hall–Kier alpha value is -2.39. The predicted molar refractivity (Wildman–Crippen MR) is 75.5 cm³/mol. The molecule has 0 aliphatic rings. The van der Waals surface area contributed by atoms with Crippen molar-refractivity contribution in [2.45, 2.75) is 6.61 Å². The van der Waals surface area contributed by atoms with Crippen molar-refractivity contribution in [3.8, 4) is 5.75 Å². The SMILES string of the molecule is NNC(=O)c1ccc(COc2c(Br)cccc2[N+](=O)[O-])o1. The van der Waals surface area contributed by atoms with Crippen LogP contribution in [0, 0.1) is 10.1 Å². The molecule has 1 heterocycles. The van der Waals surface area contributed by atoms with E-state index in [1.807, 2.05) is 5.43 Å². The van der Waals surface area contributed by atoms with Crippen molar-refractivity contribution in [3.05, 3.63) is 56.4 Å². The van der Waals surface area contributed by atoms with Gasteiger partial charge in [-0.05, 0) is 34.1 Å². The molecule has 21 heavy (non-hydrogen) atoms. The summed E-state index contributed by atoms with van der Waals surface area (Å²) in [4.78, 5) is 21.6. The summed E-state index contributed by atoms with van der Waals surface area (Å²) in [5, 5.41) is 10.9. The van der Waals surface area contributed by atoms with Gasteiger partial charge in [0.25, 0.3) is 0 Å². The summed E-state index contributed by atoms with van der Waals surface area (Å²) < 4.78 is 11.0. The number of nitro benzene ring substituents is 1. The van der Waals surface area contributed by atoms with Crippen LogP contribution in [0.4, 0.5) is 5.69 Å². The molecule has 0 radical (unpaired) electrons. The molecule has 2 rings (SSSR count). The van der Waals surface area contributed by atoms with Crippen molar-refractivity contribution < 1.29 is 18.9 Å². The van der Waals surface area contributed by atoms with E-state index in [0.717, 1.165) is 0 Å². The second-order valence-corrected chi connectivity index (χ2v) is 4.73. The molecule has 0 spiro atoms. The van der Waals surface area contributed by atoms with E-state index in [2.05, 4.69) is 15.9 Å². The van der Waals surface area contributed by atoms with Crippen LogP contribution in [-0.4, -0.2) is 10.8 Å². The number of nitro groups is 1. The van der Waals surface area contributed by atoms with Crippen LogP contribution in [0.25, 0.3) is 0 Å². The fraction of sp³-hybridized carbons (Fsp3) is 0.0833. The molecule has 0 saturated carbocycles. The maximum absolute atomic E-state index is 11.2. The second kappa shape index (κ2) is 6.37. The zero-order chi connectivity index (χ0) is 15.4. The minimum Gasteiger partial charge on any atom is -0.478 e. The van der Waals surface area contributed by atoms with Crippen LogP contribution in [0.1, 0.15) is 16.3 Å². The van der Waals surface area contributed by atoms with E-state index in [1.165, 1.54) is 24.3 Å². The smallest absolute Gasteiger partial charge is 0.312 e. The molecule has 8 nitrogen and oxygen atoms in total. The molecule has 0 saturated heterocycles. The largest absolute Gasteiger partial charge is 0.478 e. The first-order valence-corrected chi connectivity index (χ1v) is 6.47. The van der Waals surface area contributed by atoms with Gasteiger partial charge in [0.2, 0.25) is 5.75 Å². The van der Waals surface area contributed by atoms with E-state index in [0.29, 0.717) is 10.2 Å². The highest BCUT2D eigenvalue weighted by molar-refractivity contribution is 9.10. The quantitative estimate of drug-likeness (QED) is 0.366. The van der Waals surface area contributed by atoms with E-state index in [1.54, 1.807) is 6.07 Å². The Bertz CT molecular complexity index is 685. The van der Waals surface area contributed by atoms with Crippen molar-refractivity contribution in [2.75, 3.05) is 0 Å². The zero-order valence-electron chi connectivity index (χ0n) is 10.5. The summed E-state index contributed by atoms with van der Waals surface area (Å²) in [6.07, 6.45) is 0. The topological polar surface area (TPSA) is 121 Å². The van der Waals surface area contributed by atoms with E-state index in [-0.39, 0.29) is 23.8 Å². The lowest BCUT2D eigenvalue weighted by molar-refractivity contribution is -0.386. The maximum Gasteiger partial charge on any atom is 0.312 e. The first kappa shape index (κ1) is 15.0. The number of carbonyl (C=O) groups excluding carboxylic acids is 1. The maximum atomic E-state index is 11.2. The molecule has 0 aliphatic heterocycles. The number of nitrogens with zero attached hydrogens (tertiary/aromatic N) is 1. The van der Waals surface area contributed by atoms with Crippen LogP contribution >= 0.6 is 15.9 Å². The highest BCUT2D eigenvalue weighted by Gasteiger charge is 2.19. The standard InChI is InChI=1S/C12H10BrN3O5/c13-8-2-1-3-9(16(18)19)11(8)20-6-7-4-5-10(21-7)12(17)15-14/h1-5H,6,14H2,(H,15,17). The van der Waals surface area contributed by atoms with Crippen molar-refractivity contribution in [3.63, 3.8) is 0 Å². The molecule has 110 valence electrons. The molecule has 0 bridgehead atoms. The van der Waals surface area contributed by atoms with Gasteiger partial charge in [-0.3, -0.25) is 20.3 Å². The van der Waals surface area contributed by atoms with Gasteiger partial charge in [0, 0.05) is 6.07 Å². The normalized spacial score (nSPS) is 10.2. The highest BCUT2D eigenvalue weighted by Crippen LogP contribution is 2.35. The van der Waals surface area contributed by atoms with Gasteiger partial charge in [0.15, 0.2) is 5.76 Å². The van der Waals surface area contributed by atoms with Crippen LogP contribution < -0.4 is 16.0 Å². The fourth-order valence-electron chi connectivity index (χ4n) is 1.58. The first-order valence-electron chi connectivity index (χ1n) is 5.68. The lowest BCUT2D eigenvalue weighted by Gasteiger charge is -2.07. The predicted octanol–water partition coefficient (Wildman–Crippen LogP) is 2.13. The van der Waals surface area contributed by atoms with E-state index in [9.17, 15) is 14.9 Å². The zero-order valence-corrected chi connectivity index (χ0v) is 12.1. The number of nitrogens with two attached hydrogens (primary N) is 1. The number of ether oxygens (including phenoxy) is 1. The van der Waals surface area contributed by atoms with Gasteiger partial charge >= 0.3 is 11.6 Å². The van der Waals surface area contributed by atoms with Gasteiger partial charge < -0.3 is 9.15 Å². The Kier molecular flexibility index (Phi) is 4.55. The van der Waals surface area contributed by atoms with Gasteiger partial charge in [-0.2, -0.15) is 0 Å². The van der Waals surface area contributed by atoms with Gasteiger partial charge in [-0.15, -0.1) is 0 Å². The van der Waals surface area contributed by atoms with Crippen LogP contribution in [0.15, 0.2) is 39.2 Å². The minimum atomic E-state index is -0.576. The summed E-state index contributed by atoms with van der Waals surface area (Å²) in [5.74, 6) is 4.85. The molecular formula is C12H10BrN3O5. The van der Waals surface area contributed by atoms with Gasteiger partial charge in [0.1, 0.15) is 12.4 Å². The Morgan fingerprint density at radius 2 is 2.19 bits per heavy atom. The number of benzene rings is 1. The van der Waals surface area contributed by atoms with Crippen molar-refractivity contribution in [1.82, 2.24) is 5.43 Å². The molecule has 0 aliphatic carbocycles. The lowest BCUT2D eigenvalue weighted by atomic mass is 10.3. The number of rotatable bonds is 5. The van der Waals surface area contributed by atoms with Gasteiger partial charge in [0.05, 0.1) is 9.40 Å². The van der Waals surface area contributed by atoms with Crippen LogP contribution in [0.5, 0.6) is 5.75 Å². The van der Waals surface area contributed by atoms with Gasteiger partial charge in [-0.25, -0.2) is 5.84 Å². The molecular weight excluding hydrogens is 346 g/mol. The van der Waals surface area contributed by atoms with E-state index in [4.69, 9.17) is 15.0 Å². The summed E-state index contributed by atoms with van der Waals surface area (Å²) in [5.41, 5.74) is 1.76.